The molecule has 1 fully saturated rings. The number of rotatable bonds is 6. The quantitative estimate of drug-likeness (QED) is 0.295. The molecule has 0 amide bonds. The highest BCUT2D eigenvalue weighted by Crippen LogP contribution is 2.35. The van der Waals surface area contributed by atoms with Crippen molar-refractivity contribution in [1.29, 1.82) is 0 Å². The Balaban J connectivity index is 1.36. The molecule has 0 unspecified atom stereocenters. The maximum Gasteiger partial charge on any atom is 0.344 e. The summed E-state index contributed by atoms with van der Waals surface area (Å²) in [6.07, 6.45) is 0. The number of phenolic OH excluding ortho intramolecular Hbond substituents is 1. The molecule has 204 valence electrons. The number of benzene rings is 3. The number of ether oxygens (including phenoxy) is 1. The van der Waals surface area contributed by atoms with E-state index in [0.29, 0.717) is 78.2 Å². The Bertz CT molecular complexity index is 1840. The summed E-state index contributed by atoms with van der Waals surface area (Å²) in [5.74, 6) is 0.184. The number of nitrogens with zero attached hydrogens (tertiary/aromatic N) is 2. The molecular weight excluding hydrogens is 515 g/mol. The van der Waals surface area contributed by atoms with Gasteiger partial charge in [0.1, 0.15) is 17.1 Å². The number of piperazine rings is 1. The molecule has 3 heterocycles. The van der Waals surface area contributed by atoms with Gasteiger partial charge in [0.05, 0.1) is 23.4 Å². The highest BCUT2D eigenvalue weighted by Gasteiger charge is 2.23. The third kappa shape index (κ3) is 4.69. The Morgan fingerprint density at radius 1 is 0.900 bits per heavy atom. The van der Waals surface area contributed by atoms with E-state index in [9.17, 15) is 19.1 Å². The van der Waals surface area contributed by atoms with E-state index in [4.69, 9.17) is 13.6 Å². The number of hydrogen-bond donors (Lipinski definition) is 1. The van der Waals surface area contributed by atoms with Gasteiger partial charge in [-0.25, -0.2) is 14.0 Å². The van der Waals surface area contributed by atoms with E-state index >= 15 is 0 Å². The zero-order valence-electron chi connectivity index (χ0n) is 21.9. The summed E-state index contributed by atoms with van der Waals surface area (Å²) < 4.78 is 31.1. The minimum absolute atomic E-state index is 0.0174. The fourth-order valence-electron chi connectivity index (χ4n) is 5.30. The first-order chi connectivity index (χ1) is 19.4. The van der Waals surface area contributed by atoms with Gasteiger partial charge >= 0.3 is 11.3 Å². The van der Waals surface area contributed by atoms with Crippen molar-refractivity contribution in [1.82, 2.24) is 4.90 Å². The Labute approximate surface area is 228 Å². The van der Waals surface area contributed by atoms with Crippen molar-refractivity contribution in [3.8, 4) is 22.6 Å². The maximum atomic E-state index is 14.3. The first-order valence-corrected chi connectivity index (χ1v) is 13.1. The van der Waals surface area contributed by atoms with Gasteiger partial charge in [0, 0.05) is 55.1 Å². The van der Waals surface area contributed by atoms with Gasteiger partial charge in [0.25, 0.3) is 0 Å². The number of hydrogen-bond acceptors (Lipinski definition) is 8. The lowest BCUT2D eigenvalue weighted by Crippen LogP contribution is -2.46. The lowest BCUT2D eigenvalue weighted by Gasteiger charge is -2.36. The van der Waals surface area contributed by atoms with Gasteiger partial charge < -0.3 is 23.6 Å². The number of anilines is 1. The summed E-state index contributed by atoms with van der Waals surface area (Å²) in [7, 11) is 0. The second-order valence-corrected chi connectivity index (χ2v) is 9.69. The zero-order chi connectivity index (χ0) is 27.8. The molecule has 9 heteroatoms. The molecule has 0 aliphatic carbocycles. The number of phenols is 1. The molecule has 40 heavy (non-hydrogen) atoms. The van der Waals surface area contributed by atoms with Crippen LogP contribution in [0.2, 0.25) is 0 Å². The van der Waals surface area contributed by atoms with Crippen LogP contribution in [0.25, 0.3) is 33.1 Å². The molecule has 1 N–H and O–H groups in total. The van der Waals surface area contributed by atoms with Gasteiger partial charge in [-0.3, -0.25) is 4.90 Å². The Kier molecular flexibility index (Phi) is 6.73. The number of fused-ring (bicyclic) bond motifs is 2. The summed E-state index contributed by atoms with van der Waals surface area (Å²) in [5, 5.41) is 11.9. The molecule has 1 aliphatic rings. The van der Waals surface area contributed by atoms with Gasteiger partial charge in [-0.2, -0.15) is 0 Å². The summed E-state index contributed by atoms with van der Waals surface area (Å²) in [4.78, 5) is 30.0. The molecule has 2 aromatic heterocycles. The number of aromatic hydroxyl groups is 1. The van der Waals surface area contributed by atoms with Crippen molar-refractivity contribution < 1.29 is 23.1 Å². The fourth-order valence-corrected chi connectivity index (χ4v) is 5.30. The van der Waals surface area contributed by atoms with Crippen LogP contribution in [-0.2, 0) is 6.54 Å². The van der Waals surface area contributed by atoms with Crippen LogP contribution in [0.1, 0.15) is 12.5 Å². The molecule has 1 saturated heterocycles. The van der Waals surface area contributed by atoms with Crippen molar-refractivity contribution >= 4 is 27.6 Å². The first-order valence-electron chi connectivity index (χ1n) is 13.1. The summed E-state index contributed by atoms with van der Waals surface area (Å²) in [6, 6.07) is 18.1. The highest BCUT2D eigenvalue weighted by atomic mass is 19.1. The maximum absolute atomic E-state index is 14.3. The van der Waals surface area contributed by atoms with Gasteiger partial charge in [0.15, 0.2) is 11.3 Å². The Hall–Kier alpha value is -4.63. The van der Waals surface area contributed by atoms with Crippen LogP contribution in [0.15, 0.2) is 85.2 Å². The minimum Gasteiger partial charge on any atom is -0.507 e. The summed E-state index contributed by atoms with van der Waals surface area (Å²) >= 11 is 0. The largest absolute Gasteiger partial charge is 0.507 e. The average molecular weight is 543 g/mol. The number of para-hydroxylation sites is 2. The zero-order valence-corrected chi connectivity index (χ0v) is 21.9. The van der Waals surface area contributed by atoms with E-state index in [1.54, 1.807) is 42.5 Å². The molecule has 8 nitrogen and oxygen atoms in total. The van der Waals surface area contributed by atoms with E-state index < -0.39 is 11.3 Å². The van der Waals surface area contributed by atoms with Crippen LogP contribution < -0.4 is 20.9 Å². The van der Waals surface area contributed by atoms with Crippen molar-refractivity contribution in [3.05, 3.63) is 99.0 Å². The van der Waals surface area contributed by atoms with Crippen molar-refractivity contribution in [3.63, 3.8) is 0 Å². The molecule has 0 radical (unpaired) electrons. The van der Waals surface area contributed by atoms with Crippen LogP contribution in [0.4, 0.5) is 10.1 Å². The van der Waals surface area contributed by atoms with Crippen molar-refractivity contribution in [2.24, 2.45) is 0 Å². The van der Waals surface area contributed by atoms with E-state index in [0.717, 1.165) is 0 Å². The molecule has 3 aromatic carbocycles. The van der Waals surface area contributed by atoms with Crippen molar-refractivity contribution in [2.75, 3.05) is 37.7 Å². The molecule has 0 bridgehead atoms. The topological polar surface area (TPSA) is 96.4 Å². The van der Waals surface area contributed by atoms with Crippen LogP contribution in [0.3, 0.4) is 0 Å². The standard InChI is InChI=1S/C31H27FN2O6/c1-2-38-27-9-5-6-19-16-22(31(37)40-29(19)27)21-17-28(36)39-30-20(21)10-11-26(35)23(30)18-33-12-14-34(15-13-33)25-8-4-3-7-24(25)32/h3-11,16-17,35H,2,12-15,18H2,1H3. The van der Waals surface area contributed by atoms with Gasteiger partial charge in [-0.05, 0) is 43.3 Å². The minimum atomic E-state index is -0.652. The van der Waals surface area contributed by atoms with Gasteiger partial charge in [-0.15, -0.1) is 0 Å². The van der Waals surface area contributed by atoms with Crippen LogP contribution >= 0.6 is 0 Å². The first kappa shape index (κ1) is 25.6. The van der Waals surface area contributed by atoms with Crippen LogP contribution in [0.5, 0.6) is 11.5 Å². The second-order valence-electron chi connectivity index (χ2n) is 9.69. The second kappa shape index (κ2) is 10.5. The lowest BCUT2D eigenvalue weighted by molar-refractivity contribution is 0.246. The normalized spacial score (nSPS) is 14.2. The predicted molar refractivity (Wildman–Crippen MR) is 151 cm³/mol. The van der Waals surface area contributed by atoms with Crippen molar-refractivity contribution in [2.45, 2.75) is 13.5 Å². The molecule has 5 aromatic rings. The summed E-state index contributed by atoms with van der Waals surface area (Å²) in [6.45, 7) is 5.00. The molecule has 6 rings (SSSR count). The van der Waals surface area contributed by atoms with Gasteiger partial charge in [-0.1, -0.05) is 24.3 Å². The smallest absolute Gasteiger partial charge is 0.344 e. The third-order valence-corrected chi connectivity index (χ3v) is 7.25. The summed E-state index contributed by atoms with van der Waals surface area (Å²) in [5.41, 5.74) is 0.836. The molecule has 0 atom stereocenters. The SMILES string of the molecule is CCOc1cccc2cc(-c3cc(=O)oc4c(CN5CCN(c6ccccc6F)CC5)c(O)ccc34)c(=O)oc12. The van der Waals surface area contributed by atoms with Gasteiger partial charge in [0.2, 0.25) is 0 Å². The molecule has 0 spiro atoms. The number of halogens is 1. The fraction of sp³-hybridized carbons (Fsp3) is 0.226. The monoisotopic (exact) mass is 542 g/mol. The predicted octanol–water partition coefficient (Wildman–Crippen LogP) is 5.13. The lowest BCUT2D eigenvalue weighted by atomic mass is 9.99. The van der Waals surface area contributed by atoms with Crippen LogP contribution in [0, 0.1) is 5.82 Å². The Morgan fingerprint density at radius 3 is 2.48 bits per heavy atom. The van der Waals surface area contributed by atoms with Crippen LogP contribution in [-0.4, -0.2) is 42.8 Å². The van der Waals surface area contributed by atoms with E-state index in [1.807, 2.05) is 17.9 Å². The van der Waals surface area contributed by atoms with E-state index in [-0.39, 0.29) is 22.7 Å². The van der Waals surface area contributed by atoms with E-state index in [1.165, 1.54) is 18.2 Å². The highest BCUT2D eigenvalue weighted by molar-refractivity contribution is 5.97. The average Bonchev–Trinajstić information content (AvgIpc) is 2.95. The third-order valence-electron chi connectivity index (χ3n) is 7.25. The molecule has 0 saturated carbocycles. The molecule has 1 aliphatic heterocycles. The Morgan fingerprint density at radius 2 is 1.70 bits per heavy atom. The van der Waals surface area contributed by atoms with E-state index in [2.05, 4.69) is 4.90 Å². The molecular formula is C31H27FN2O6.